The molecule has 290 valence electrons. The molecular formula is C56H46F2O. The molecule has 0 amide bonds. The van der Waals surface area contributed by atoms with Crippen molar-refractivity contribution in [3.05, 3.63) is 226 Å². The van der Waals surface area contributed by atoms with Crippen molar-refractivity contribution < 1.29 is 13.2 Å². The van der Waals surface area contributed by atoms with Crippen molar-refractivity contribution >= 4 is 32.7 Å². The zero-order valence-electron chi connectivity index (χ0n) is 33.7. The van der Waals surface area contributed by atoms with Gasteiger partial charge in [-0.15, -0.1) is 0 Å². The van der Waals surface area contributed by atoms with Crippen LogP contribution in [-0.2, 0) is 18.3 Å². The summed E-state index contributed by atoms with van der Waals surface area (Å²) in [7, 11) is 0. The number of halogens is 2. The molecule has 0 spiro atoms. The van der Waals surface area contributed by atoms with Crippen LogP contribution in [0.3, 0.4) is 0 Å². The minimum atomic E-state index is -0.819. The molecule has 8 aromatic carbocycles. The van der Waals surface area contributed by atoms with Crippen LogP contribution < -0.4 is 0 Å². The average Bonchev–Trinajstić information content (AvgIpc) is 3.76. The smallest absolute Gasteiger partial charge is 0.162 e. The first-order chi connectivity index (χ1) is 28.8. The Morgan fingerprint density at radius 1 is 0.559 bits per heavy atom. The lowest BCUT2D eigenvalue weighted by molar-refractivity contribution is 0.485. The fourth-order valence-corrected chi connectivity index (χ4v) is 10.2. The summed E-state index contributed by atoms with van der Waals surface area (Å²) < 4.78 is 36.6. The largest absolute Gasteiger partial charge is 0.456 e. The highest BCUT2D eigenvalue weighted by Crippen LogP contribution is 2.54. The maximum absolute atomic E-state index is 15.5. The number of hydrogen-bond donors (Lipinski definition) is 0. The summed E-state index contributed by atoms with van der Waals surface area (Å²) in [6, 6.07) is 59.0. The molecule has 0 saturated carbocycles. The third kappa shape index (κ3) is 6.35. The molecule has 0 N–H and O–H groups in total. The van der Waals surface area contributed by atoms with E-state index in [0.717, 1.165) is 40.3 Å². The van der Waals surface area contributed by atoms with Crippen molar-refractivity contribution in [1.82, 2.24) is 0 Å². The van der Waals surface area contributed by atoms with Gasteiger partial charge in [-0.3, -0.25) is 0 Å². The van der Waals surface area contributed by atoms with Gasteiger partial charge in [0.1, 0.15) is 11.2 Å². The maximum atomic E-state index is 15.5. The zero-order valence-corrected chi connectivity index (χ0v) is 33.7. The van der Waals surface area contributed by atoms with Crippen molar-refractivity contribution in [1.29, 1.82) is 0 Å². The van der Waals surface area contributed by atoms with E-state index in [-0.39, 0.29) is 17.3 Å². The first-order valence-corrected chi connectivity index (χ1v) is 20.9. The lowest BCUT2D eigenvalue weighted by Gasteiger charge is -2.28. The zero-order chi connectivity index (χ0) is 40.3. The second kappa shape index (κ2) is 14.8. The molecule has 2 unspecified atom stereocenters. The fourth-order valence-electron chi connectivity index (χ4n) is 10.2. The molecule has 0 radical (unpaired) electrons. The van der Waals surface area contributed by atoms with E-state index < -0.39 is 11.6 Å². The number of furan rings is 1. The summed E-state index contributed by atoms with van der Waals surface area (Å²) >= 11 is 0. The maximum Gasteiger partial charge on any atom is 0.162 e. The van der Waals surface area contributed by atoms with Gasteiger partial charge in [-0.2, -0.15) is 0 Å². The van der Waals surface area contributed by atoms with Gasteiger partial charge in [-0.05, 0) is 116 Å². The topological polar surface area (TPSA) is 13.1 Å². The van der Waals surface area contributed by atoms with E-state index in [9.17, 15) is 4.39 Å². The van der Waals surface area contributed by atoms with Gasteiger partial charge in [0.25, 0.3) is 0 Å². The van der Waals surface area contributed by atoms with Crippen LogP contribution in [0.5, 0.6) is 0 Å². The molecule has 2 atom stereocenters. The quantitative estimate of drug-likeness (QED) is 0.135. The Balaban J connectivity index is 1.06. The molecule has 0 fully saturated rings. The predicted molar refractivity (Wildman–Crippen MR) is 239 cm³/mol. The van der Waals surface area contributed by atoms with E-state index in [1.165, 1.54) is 61.3 Å². The van der Waals surface area contributed by atoms with Crippen LogP contribution in [-0.4, -0.2) is 0 Å². The van der Waals surface area contributed by atoms with Gasteiger partial charge in [-0.1, -0.05) is 172 Å². The van der Waals surface area contributed by atoms with Gasteiger partial charge in [0.05, 0.1) is 0 Å². The first-order valence-electron chi connectivity index (χ1n) is 20.9. The molecule has 59 heavy (non-hydrogen) atoms. The van der Waals surface area contributed by atoms with Crippen LogP contribution in [0.4, 0.5) is 8.78 Å². The highest BCUT2D eigenvalue weighted by atomic mass is 19.2. The summed E-state index contributed by atoms with van der Waals surface area (Å²) in [6.07, 6.45) is 2.28. The van der Waals surface area contributed by atoms with Gasteiger partial charge in [0.2, 0.25) is 0 Å². The second-order valence-electron chi connectivity index (χ2n) is 17.0. The van der Waals surface area contributed by atoms with Crippen LogP contribution >= 0.6 is 0 Å². The van der Waals surface area contributed by atoms with E-state index >= 15 is 4.39 Å². The van der Waals surface area contributed by atoms with E-state index in [4.69, 9.17) is 4.42 Å². The number of rotatable bonds is 10. The number of benzene rings is 8. The average molecular weight is 773 g/mol. The van der Waals surface area contributed by atoms with Crippen molar-refractivity contribution in [3.63, 3.8) is 0 Å². The molecule has 9 aromatic rings. The van der Waals surface area contributed by atoms with E-state index in [0.29, 0.717) is 17.9 Å². The molecule has 0 bridgehead atoms. The Bertz CT molecular complexity index is 2960. The Morgan fingerprint density at radius 2 is 1.20 bits per heavy atom. The lowest BCUT2D eigenvalue weighted by atomic mass is 9.75. The van der Waals surface area contributed by atoms with Crippen LogP contribution in [0.2, 0.25) is 0 Å². The van der Waals surface area contributed by atoms with Gasteiger partial charge in [-0.25, -0.2) is 8.78 Å². The molecule has 3 heteroatoms. The van der Waals surface area contributed by atoms with E-state index in [1.54, 1.807) is 12.1 Å². The monoisotopic (exact) mass is 772 g/mol. The van der Waals surface area contributed by atoms with Crippen LogP contribution in [0.25, 0.3) is 43.8 Å². The van der Waals surface area contributed by atoms with Gasteiger partial charge < -0.3 is 4.42 Å². The molecule has 1 heterocycles. The fraction of sp³-hybridized carbons (Fsp3) is 0.179. The number of para-hydroxylation sites is 1. The van der Waals surface area contributed by atoms with Crippen molar-refractivity contribution in [2.24, 2.45) is 0 Å². The predicted octanol–water partition coefficient (Wildman–Crippen LogP) is 15.2. The summed E-state index contributed by atoms with van der Waals surface area (Å²) in [5.41, 5.74) is 13.3. The lowest BCUT2D eigenvalue weighted by Crippen LogP contribution is -2.17. The number of aryl methyl sites for hydroxylation is 1. The van der Waals surface area contributed by atoms with Gasteiger partial charge in [0, 0.05) is 22.1 Å². The van der Waals surface area contributed by atoms with Crippen molar-refractivity contribution in [3.8, 4) is 11.1 Å². The second-order valence-corrected chi connectivity index (χ2v) is 17.0. The summed E-state index contributed by atoms with van der Waals surface area (Å²) in [5, 5.41) is 4.67. The van der Waals surface area contributed by atoms with Crippen LogP contribution in [0.15, 0.2) is 174 Å². The van der Waals surface area contributed by atoms with Gasteiger partial charge >= 0.3 is 0 Å². The normalized spacial score (nSPS) is 14.2. The Morgan fingerprint density at radius 3 is 1.95 bits per heavy atom. The van der Waals surface area contributed by atoms with Crippen molar-refractivity contribution in [2.75, 3.05) is 0 Å². The molecule has 10 rings (SSSR count). The Hall–Kier alpha value is -6.32. The molecule has 1 nitrogen and oxygen atoms in total. The third-order valence-electron chi connectivity index (χ3n) is 13.3. The number of fused-ring (bicyclic) bond motifs is 8. The minimum Gasteiger partial charge on any atom is -0.456 e. The molecular weight excluding hydrogens is 727 g/mol. The Kier molecular flexibility index (Phi) is 9.28. The van der Waals surface area contributed by atoms with E-state index in [2.05, 4.69) is 142 Å². The first kappa shape index (κ1) is 37.0. The summed E-state index contributed by atoms with van der Waals surface area (Å²) in [5.74, 6) is -1.52. The van der Waals surface area contributed by atoms with Crippen LogP contribution in [0, 0.1) is 11.6 Å². The van der Waals surface area contributed by atoms with Crippen LogP contribution in [0.1, 0.15) is 89.5 Å². The molecule has 1 aliphatic rings. The molecule has 1 aromatic heterocycles. The standard InChI is InChI=1S/C56H46F2O/c1-35(47(32-40-20-14-25-50(57)55(40)58)44-24-15-27-52-54(44)46-23-12-13-26-51(46)59-52)38-28-31-45-48(33-38)56(2,3)49-34-39(42-21-10-11-22-43(42)53(45)49)29-30-41(36-16-6-4-7-17-36)37-18-8-5-9-19-37/h4-28,31,33-35,41,47H,29-30,32H2,1-3H3. The SMILES string of the molecule is CC(c1ccc2c(c1)C(C)(C)c1cc(CCC(c3ccccc3)c3ccccc3)c3ccccc3c1-2)C(Cc1cccc(F)c1F)c1cccc2oc3ccccc3c12. The minimum absolute atomic E-state index is 0.0399. The highest BCUT2D eigenvalue weighted by Gasteiger charge is 2.38. The number of hydrogen-bond acceptors (Lipinski definition) is 1. The van der Waals surface area contributed by atoms with Crippen molar-refractivity contribution in [2.45, 2.75) is 63.2 Å². The Labute approximate surface area is 345 Å². The van der Waals surface area contributed by atoms with E-state index in [1.807, 2.05) is 30.3 Å². The van der Waals surface area contributed by atoms with Gasteiger partial charge in [0.15, 0.2) is 11.6 Å². The molecule has 0 aliphatic heterocycles. The molecule has 1 aliphatic carbocycles. The summed E-state index contributed by atoms with van der Waals surface area (Å²) in [6.45, 7) is 6.96. The third-order valence-corrected chi connectivity index (χ3v) is 13.3. The summed E-state index contributed by atoms with van der Waals surface area (Å²) in [4.78, 5) is 0. The molecule has 0 saturated heterocycles. The highest BCUT2D eigenvalue weighted by molar-refractivity contribution is 6.07.